The van der Waals surface area contributed by atoms with Gasteiger partial charge in [-0.15, -0.1) is 0 Å². The number of likely N-dealkylation sites (N-methyl/N-ethyl adjacent to an activating group) is 1. The highest BCUT2D eigenvalue weighted by molar-refractivity contribution is 5.82. The molecule has 0 spiro atoms. The third-order valence-electron chi connectivity index (χ3n) is 4.68. The van der Waals surface area contributed by atoms with Gasteiger partial charge in [0, 0.05) is 38.6 Å². The summed E-state index contributed by atoms with van der Waals surface area (Å²) >= 11 is 0. The topological polar surface area (TPSA) is 65.7 Å². The van der Waals surface area contributed by atoms with Crippen LogP contribution in [-0.2, 0) is 11.3 Å². The number of amides is 1. The molecule has 1 aromatic carbocycles. The number of aromatic nitrogens is 2. The van der Waals surface area contributed by atoms with Gasteiger partial charge in [0.25, 0.3) is 0 Å². The third kappa shape index (κ3) is 3.20. The van der Waals surface area contributed by atoms with Gasteiger partial charge in [0.1, 0.15) is 29.3 Å². The molecule has 0 atom stereocenters. The first kappa shape index (κ1) is 16.4. The van der Waals surface area contributed by atoms with Crippen LogP contribution in [-0.4, -0.2) is 54.5 Å². The lowest BCUT2D eigenvalue weighted by Crippen LogP contribution is -2.48. The molecule has 0 bridgehead atoms. The van der Waals surface area contributed by atoms with Crippen molar-refractivity contribution >= 4 is 28.5 Å². The van der Waals surface area contributed by atoms with E-state index in [2.05, 4.69) is 9.97 Å². The molecule has 3 aromatic rings. The lowest BCUT2D eigenvalue weighted by molar-refractivity contribution is -0.129. The van der Waals surface area contributed by atoms with Crippen molar-refractivity contribution in [2.45, 2.75) is 6.54 Å². The molecule has 0 aliphatic carbocycles. The highest BCUT2D eigenvalue weighted by atomic mass is 16.3. The van der Waals surface area contributed by atoms with Crippen LogP contribution in [0, 0.1) is 0 Å². The van der Waals surface area contributed by atoms with Crippen molar-refractivity contribution in [1.29, 1.82) is 0 Å². The van der Waals surface area contributed by atoms with Crippen molar-refractivity contribution in [3.63, 3.8) is 0 Å². The van der Waals surface area contributed by atoms with Crippen LogP contribution in [0.4, 0.5) is 11.6 Å². The predicted octanol–water partition coefficient (Wildman–Crippen LogP) is 2.14. The van der Waals surface area contributed by atoms with Crippen LogP contribution < -0.4 is 9.80 Å². The maximum absolute atomic E-state index is 11.9. The van der Waals surface area contributed by atoms with Crippen LogP contribution in [0.15, 0.2) is 47.1 Å². The SMILES string of the molecule is CN1CCN(c2cc(N(C)Cc3cc4ccccc4o3)ncn2)CC1=O. The van der Waals surface area contributed by atoms with Gasteiger partial charge in [0.05, 0.1) is 13.1 Å². The fraction of sp³-hybridized carbons (Fsp3) is 0.316. The normalized spacial score (nSPS) is 14.9. The molecule has 7 nitrogen and oxygen atoms in total. The number of fused-ring (bicyclic) bond motifs is 1. The Labute approximate surface area is 151 Å². The fourth-order valence-electron chi connectivity index (χ4n) is 3.10. The quantitative estimate of drug-likeness (QED) is 0.717. The summed E-state index contributed by atoms with van der Waals surface area (Å²) in [7, 11) is 3.79. The third-order valence-corrected chi connectivity index (χ3v) is 4.68. The van der Waals surface area contributed by atoms with E-state index in [1.807, 2.05) is 60.3 Å². The standard InChI is InChI=1S/C19H21N5O2/c1-22-7-8-24(12-19(22)25)18-10-17(20-13-21-18)23(2)11-15-9-14-5-3-4-6-16(14)26-15/h3-6,9-10,13H,7-8,11-12H2,1-2H3. The Morgan fingerprint density at radius 3 is 2.85 bits per heavy atom. The molecular formula is C19H21N5O2. The molecule has 4 rings (SSSR count). The Bertz CT molecular complexity index is 905. The second-order valence-corrected chi connectivity index (χ2v) is 6.58. The highest BCUT2D eigenvalue weighted by Gasteiger charge is 2.22. The summed E-state index contributed by atoms with van der Waals surface area (Å²) in [5.74, 6) is 2.55. The lowest BCUT2D eigenvalue weighted by atomic mass is 10.2. The molecule has 1 aliphatic heterocycles. The second kappa shape index (κ2) is 6.67. The number of carbonyl (C=O) groups excluding carboxylic acids is 1. The number of hydrogen-bond acceptors (Lipinski definition) is 6. The van der Waals surface area contributed by atoms with Gasteiger partial charge in [-0.25, -0.2) is 9.97 Å². The molecule has 0 N–H and O–H groups in total. The van der Waals surface area contributed by atoms with Crippen molar-refractivity contribution < 1.29 is 9.21 Å². The van der Waals surface area contributed by atoms with E-state index in [-0.39, 0.29) is 5.91 Å². The van der Waals surface area contributed by atoms with Crippen LogP contribution in [0.3, 0.4) is 0 Å². The minimum absolute atomic E-state index is 0.104. The Morgan fingerprint density at radius 1 is 1.19 bits per heavy atom. The van der Waals surface area contributed by atoms with Gasteiger partial charge in [-0.1, -0.05) is 18.2 Å². The van der Waals surface area contributed by atoms with Crippen molar-refractivity contribution in [2.75, 3.05) is 43.5 Å². The van der Waals surface area contributed by atoms with Gasteiger partial charge >= 0.3 is 0 Å². The molecule has 0 radical (unpaired) electrons. The molecule has 1 saturated heterocycles. The number of nitrogens with zero attached hydrogens (tertiary/aromatic N) is 5. The summed E-state index contributed by atoms with van der Waals surface area (Å²) in [4.78, 5) is 26.4. The minimum Gasteiger partial charge on any atom is -0.459 e. The van der Waals surface area contributed by atoms with Crippen LogP contribution >= 0.6 is 0 Å². The number of rotatable bonds is 4. The van der Waals surface area contributed by atoms with E-state index in [0.29, 0.717) is 19.6 Å². The molecule has 7 heteroatoms. The zero-order chi connectivity index (χ0) is 18.1. The number of carbonyl (C=O) groups is 1. The largest absolute Gasteiger partial charge is 0.459 e. The summed E-state index contributed by atoms with van der Waals surface area (Å²) < 4.78 is 5.89. The first-order valence-electron chi connectivity index (χ1n) is 8.60. The number of benzene rings is 1. The van der Waals surface area contributed by atoms with Crippen LogP contribution in [0.1, 0.15) is 5.76 Å². The average molecular weight is 351 g/mol. The summed E-state index contributed by atoms with van der Waals surface area (Å²) in [5, 5.41) is 1.09. The Balaban J connectivity index is 1.51. The molecular weight excluding hydrogens is 330 g/mol. The van der Waals surface area contributed by atoms with E-state index in [9.17, 15) is 4.79 Å². The number of anilines is 2. The van der Waals surface area contributed by atoms with E-state index < -0.39 is 0 Å². The smallest absolute Gasteiger partial charge is 0.241 e. The summed E-state index contributed by atoms with van der Waals surface area (Å²) in [5.41, 5.74) is 0.884. The van der Waals surface area contributed by atoms with Crippen LogP contribution in [0.25, 0.3) is 11.0 Å². The first-order chi connectivity index (χ1) is 12.6. The zero-order valence-electron chi connectivity index (χ0n) is 14.9. The zero-order valence-corrected chi connectivity index (χ0v) is 14.9. The molecule has 26 heavy (non-hydrogen) atoms. The van der Waals surface area contributed by atoms with E-state index in [1.54, 1.807) is 11.2 Å². The molecule has 3 heterocycles. The number of hydrogen-bond donors (Lipinski definition) is 0. The maximum atomic E-state index is 11.9. The molecule has 0 unspecified atom stereocenters. The van der Waals surface area contributed by atoms with Crippen molar-refractivity contribution in [1.82, 2.24) is 14.9 Å². The average Bonchev–Trinajstić information content (AvgIpc) is 3.06. The predicted molar refractivity (Wildman–Crippen MR) is 100 cm³/mol. The monoisotopic (exact) mass is 351 g/mol. The van der Waals surface area contributed by atoms with E-state index in [4.69, 9.17) is 4.42 Å². The molecule has 134 valence electrons. The Morgan fingerprint density at radius 2 is 2.04 bits per heavy atom. The van der Waals surface area contributed by atoms with Gasteiger partial charge in [-0.2, -0.15) is 0 Å². The van der Waals surface area contributed by atoms with Gasteiger partial charge in [-0.05, 0) is 12.1 Å². The number of piperazine rings is 1. The minimum atomic E-state index is 0.104. The van der Waals surface area contributed by atoms with E-state index in [0.717, 1.165) is 34.9 Å². The number of para-hydroxylation sites is 1. The molecule has 2 aromatic heterocycles. The summed E-state index contributed by atoms with van der Waals surface area (Å²) in [6, 6.07) is 11.9. The number of furan rings is 1. The van der Waals surface area contributed by atoms with Crippen molar-refractivity contribution in [3.8, 4) is 0 Å². The van der Waals surface area contributed by atoms with E-state index >= 15 is 0 Å². The summed E-state index contributed by atoms with van der Waals surface area (Å²) in [6.07, 6.45) is 1.54. The highest BCUT2D eigenvalue weighted by Crippen LogP contribution is 2.23. The van der Waals surface area contributed by atoms with Crippen molar-refractivity contribution in [2.24, 2.45) is 0 Å². The van der Waals surface area contributed by atoms with Crippen LogP contribution in [0.2, 0.25) is 0 Å². The van der Waals surface area contributed by atoms with Gasteiger partial charge < -0.3 is 19.1 Å². The maximum Gasteiger partial charge on any atom is 0.241 e. The molecule has 1 aliphatic rings. The Hall–Kier alpha value is -3.09. The van der Waals surface area contributed by atoms with Crippen molar-refractivity contribution in [3.05, 3.63) is 48.5 Å². The van der Waals surface area contributed by atoms with Gasteiger partial charge in [-0.3, -0.25) is 4.79 Å². The second-order valence-electron chi connectivity index (χ2n) is 6.58. The molecule has 1 fully saturated rings. The molecule has 0 saturated carbocycles. The lowest BCUT2D eigenvalue weighted by Gasteiger charge is -2.33. The van der Waals surface area contributed by atoms with E-state index in [1.165, 1.54) is 0 Å². The summed E-state index contributed by atoms with van der Waals surface area (Å²) in [6.45, 7) is 2.42. The van der Waals surface area contributed by atoms with Gasteiger partial charge in [0.15, 0.2) is 0 Å². The molecule has 1 amide bonds. The van der Waals surface area contributed by atoms with Gasteiger partial charge in [0.2, 0.25) is 5.91 Å². The fourth-order valence-corrected chi connectivity index (χ4v) is 3.10. The first-order valence-corrected chi connectivity index (χ1v) is 8.60. The Kier molecular flexibility index (Phi) is 4.20. The van der Waals surface area contributed by atoms with Crippen LogP contribution in [0.5, 0.6) is 0 Å².